The van der Waals surface area contributed by atoms with Crippen LogP contribution in [-0.4, -0.2) is 99.2 Å². The molecule has 0 unspecified atom stereocenters. The van der Waals surface area contributed by atoms with Crippen LogP contribution in [0, 0.1) is 12.3 Å². The molecule has 7 rings (SSSR count). The zero-order valence-corrected chi connectivity index (χ0v) is 41.8. The number of nitrogens with two attached hydrogens (primary N) is 2. The van der Waals surface area contributed by atoms with Gasteiger partial charge in [0.15, 0.2) is 0 Å². The van der Waals surface area contributed by atoms with E-state index in [-0.39, 0.29) is 68.9 Å². The Kier molecular flexibility index (Phi) is 17.2. The quantitative estimate of drug-likeness (QED) is 0.0795. The lowest BCUT2D eigenvalue weighted by atomic mass is 9.85. The van der Waals surface area contributed by atoms with Crippen molar-refractivity contribution in [2.75, 3.05) is 16.8 Å². The van der Waals surface area contributed by atoms with Crippen LogP contribution < -0.4 is 37.6 Å². The number of nitrogens with zero attached hydrogens (tertiary/aromatic N) is 3. The van der Waals surface area contributed by atoms with Crippen LogP contribution >= 0.6 is 23.7 Å². The largest absolute Gasteiger partial charge is 0.391 e. The maximum absolute atomic E-state index is 14.2. The van der Waals surface area contributed by atoms with Crippen LogP contribution in [0.1, 0.15) is 100 Å². The van der Waals surface area contributed by atoms with Gasteiger partial charge in [-0.15, -0.1) is 23.7 Å². The monoisotopic (exact) mass is 997 g/mol. The smallest absolute Gasteiger partial charge is 0.246 e. The topological polar surface area (TPSA) is 259 Å². The summed E-state index contributed by atoms with van der Waals surface area (Å²) in [6.45, 7) is 9.26. The number of aryl methyl sites for hydroxylation is 3. The molecular weight excluding hydrogens is 934 g/mol. The Balaban J connectivity index is 0.00000804. The van der Waals surface area contributed by atoms with Crippen LogP contribution in [0.4, 0.5) is 11.4 Å². The fourth-order valence-electron chi connectivity index (χ4n) is 9.42. The molecule has 0 bridgehead atoms. The van der Waals surface area contributed by atoms with Crippen LogP contribution in [0.15, 0.2) is 72.2 Å². The summed E-state index contributed by atoms with van der Waals surface area (Å²) in [5.41, 5.74) is 19.3. The van der Waals surface area contributed by atoms with Crippen molar-refractivity contribution in [1.82, 2.24) is 25.8 Å². The molecule has 70 heavy (non-hydrogen) atoms. The number of hydrogen-bond acceptors (Lipinski definition) is 11. The average molecular weight is 999 g/mol. The van der Waals surface area contributed by atoms with Crippen molar-refractivity contribution in [3.8, 4) is 10.4 Å². The minimum absolute atomic E-state index is 0. The Morgan fingerprint density at radius 3 is 2.31 bits per heavy atom. The Morgan fingerprint density at radius 1 is 0.929 bits per heavy atom. The maximum Gasteiger partial charge on any atom is 0.246 e. The predicted molar refractivity (Wildman–Crippen MR) is 270 cm³/mol. The number of nitrogens with one attached hydrogen (secondary N) is 4. The molecular formula is C51H64ClN9O8S. The van der Waals surface area contributed by atoms with Gasteiger partial charge in [-0.05, 0) is 91.3 Å². The van der Waals surface area contributed by atoms with Gasteiger partial charge >= 0.3 is 0 Å². The molecule has 0 radical (unpaired) electrons. The minimum Gasteiger partial charge on any atom is -0.391 e. The molecule has 4 heterocycles. The Labute approximate surface area is 418 Å². The second-order valence-corrected chi connectivity index (χ2v) is 20.3. The lowest BCUT2D eigenvalue weighted by Gasteiger charge is -2.35. The number of hydrogen-bond donors (Lipinski definition) is 7. The number of aromatic nitrogens is 1. The van der Waals surface area contributed by atoms with Crippen LogP contribution in [0.25, 0.3) is 10.4 Å². The fourth-order valence-corrected chi connectivity index (χ4v) is 10.2. The SMILES string of the molecule is Cc1ncsc1-c1ccc([C@H](C)NC(=O)[C@@H]2C[C@@H](O)CN2C(=O)[C@@H](NC(=O)CCCc2cccc(NC(=O)[C@H](CCC(N)=O)NC(=O)[C@@H]3Cc4cccc5c4N3C(=O)[C@@H](N)CC5)c2)C(C)(C)C)cc1.Cl. The van der Waals surface area contributed by atoms with E-state index in [1.165, 1.54) is 9.80 Å². The summed E-state index contributed by atoms with van der Waals surface area (Å²) in [7, 11) is 0. The van der Waals surface area contributed by atoms with Gasteiger partial charge in [-0.25, -0.2) is 4.98 Å². The number of anilines is 2. The van der Waals surface area contributed by atoms with Gasteiger partial charge < -0.3 is 42.7 Å². The van der Waals surface area contributed by atoms with Crippen LogP contribution in [0.2, 0.25) is 0 Å². The van der Waals surface area contributed by atoms with Crippen molar-refractivity contribution in [3.05, 3.63) is 100 Å². The van der Waals surface area contributed by atoms with Crippen molar-refractivity contribution < 1.29 is 38.7 Å². The fraction of sp³-hybridized carbons (Fsp3) is 0.451. The highest BCUT2D eigenvalue weighted by molar-refractivity contribution is 7.13. The number of para-hydroxylation sites is 1. The summed E-state index contributed by atoms with van der Waals surface area (Å²) >= 11 is 1.56. The van der Waals surface area contributed by atoms with Crippen LogP contribution in [-0.2, 0) is 52.8 Å². The predicted octanol–water partition coefficient (Wildman–Crippen LogP) is 4.15. The first-order valence-corrected chi connectivity index (χ1v) is 24.4. The molecule has 7 atom stereocenters. The van der Waals surface area contributed by atoms with Crippen molar-refractivity contribution in [3.63, 3.8) is 0 Å². The lowest BCUT2D eigenvalue weighted by molar-refractivity contribution is -0.144. The minimum atomic E-state index is -1.16. The molecule has 3 aliphatic heterocycles. The van der Waals surface area contributed by atoms with Crippen LogP contribution in [0.3, 0.4) is 0 Å². The van der Waals surface area contributed by atoms with Crippen molar-refractivity contribution in [1.29, 1.82) is 0 Å². The highest BCUT2D eigenvalue weighted by Gasteiger charge is 2.46. The van der Waals surface area contributed by atoms with E-state index < -0.39 is 71.3 Å². The third-order valence-corrected chi connectivity index (χ3v) is 14.2. The van der Waals surface area contributed by atoms with Crippen LogP contribution in [0.5, 0.6) is 0 Å². The van der Waals surface area contributed by atoms with Gasteiger partial charge in [0.05, 0.1) is 40.0 Å². The van der Waals surface area contributed by atoms with E-state index in [2.05, 4.69) is 26.3 Å². The van der Waals surface area contributed by atoms with Gasteiger partial charge in [0.2, 0.25) is 41.4 Å². The Bertz CT molecular complexity index is 2600. The first-order chi connectivity index (χ1) is 32.8. The summed E-state index contributed by atoms with van der Waals surface area (Å²) < 4.78 is 0. The average Bonchev–Trinajstić information content (AvgIpc) is 4.02. The molecule has 1 saturated heterocycles. The van der Waals surface area contributed by atoms with Crippen molar-refractivity contribution in [2.45, 2.75) is 135 Å². The number of carbonyl (C=O) groups excluding carboxylic acids is 7. The summed E-state index contributed by atoms with van der Waals surface area (Å²) in [5, 5.41) is 22.3. The number of likely N-dealkylation sites (tertiary alicyclic amines) is 1. The van der Waals surface area contributed by atoms with Crippen molar-refractivity contribution >= 4 is 76.5 Å². The molecule has 17 nitrogen and oxygen atoms in total. The van der Waals surface area contributed by atoms with E-state index >= 15 is 0 Å². The number of aliphatic hydroxyl groups excluding tert-OH is 1. The number of thiazole rings is 1. The highest BCUT2D eigenvalue weighted by atomic mass is 35.5. The zero-order valence-electron chi connectivity index (χ0n) is 40.2. The number of amides is 7. The third kappa shape index (κ3) is 12.4. The summed E-state index contributed by atoms with van der Waals surface area (Å²) in [6.07, 6.45) is 1.09. The standard InChI is InChI=1S/C51H63N9O8S.ClH/c1-28(31-15-17-33(18-16-31)44-29(2)54-27-69-44)55-47(65)39-25-36(61)26-59(39)50(68)45(51(3,4)5)58-42(63)14-7-10-30-9-6-13-35(23-30)56-46(64)38(21-22-41(53)62)57-48(66)40-24-34-12-8-11-32-19-20-37(52)49(67)60(40)43(32)34;/h6,8-9,11-13,15-18,23,27-28,36-40,45,61H,7,10,14,19-22,24-26,52H2,1-5H3,(H2,53,62)(H,55,65)(H,56,64)(H,57,66)(H,58,63);1H/t28-,36+,37-,38-,39-,40-,45+;/m0./s1. The molecule has 3 aromatic carbocycles. The normalized spacial score (nSPS) is 19.7. The second-order valence-electron chi connectivity index (χ2n) is 19.5. The molecule has 19 heteroatoms. The summed E-state index contributed by atoms with van der Waals surface area (Å²) in [4.78, 5) is 103. The molecule has 3 aliphatic rings. The van der Waals surface area contributed by atoms with Gasteiger partial charge in [-0.1, -0.05) is 75.4 Å². The molecule has 374 valence electrons. The summed E-state index contributed by atoms with van der Waals surface area (Å²) in [6, 6.07) is 15.4. The Hall–Kier alpha value is -6.21. The van der Waals surface area contributed by atoms with E-state index in [1.807, 2.05) is 83.1 Å². The number of halogens is 1. The van der Waals surface area contributed by atoms with Gasteiger partial charge in [0.25, 0.3) is 0 Å². The van der Waals surface area contributed by atoms with E-state index in [0.29, 0.717) is 37.1 Å². The number of β-amino-alcohol motifs (C(OH)–C–C–N with tert-alkyl or cyclic N) is 1. The lowest BCUT2D eigenvalue weighted by Crippen LogP contribution is -2.57. The third-order valence-electron chi connectivity index (χ3n) is 13.2. The first kappa shape index (κ1) is 53.1. The van der Waals surface area contributed by atoms with Gasteiger partial charge in [-0.3, -0.25) is 38.5 Å². The van der Waals surface area contributed by atoms with E-state index in [4.69, 9.17) is 11.5 Å². The first-order valence-electron chi connectivity index (χ1n) is 23.6. The molecule has 0 spiro atoms. The number of aliphatic hydroxyl groups is 1. The maximum atomic E-state index is 14.2. The molecule has 1 aromatic heterocycles. The number of carbonyl (C=O) groups is 7. The summed E-state index contributed by atoms with van der Waals surface area (Å²) in [5.74, 6) is -3.36. The number of rotatable bonds is 17. The molecule has 7 amide bonds. The van der Waals surface area contributed by atoms with E-state index in [0.717, 1.165) is 38.4 Å². The molecule has 4 aromatic rings. The molecule has 9 N–H and O–H groups in total. The van der Waals surface area contributed by atoms with Gasteiger partial charge in [0.1, 0.15) is 24.2 Å². The van der Waals surface area contributed by atoms with E-state index in [9.17, 15) is 38.7 Å². The van der Waals surface area contributed by atoms with Gasteiger partial charge in [0, 0.05) is 37.9 Å². The zero-order chi connectivity index (χ0) is 49.7. The second kappa shape index (κ2) is 22.7. The van der Waals surface area contributed by atoms with E-state index in [1.54, 1.807) is 35.0 Å². The highest BCUT2D eigenvalue weighted by Crippen LogP contribution is 2.39. The van der Waals surface area contributed by atoms with Crippen molar-refractivity contribution in [2.24, 2.45) is 16.9 Å². The van der Waals surface area contributed by atoms with Gasteiger partial charge in [-0.2, -0.15) is 0 Å². The Morgan fingerprint density at radius 2 is 1.63 bits per heavy atom. The number of primary amides is 1. The molecule has 0 aliphatic carbocycles. The molecule has 0 saturated carbocycles. The molecule has 1 fully saturated rings. The number of benzene rings is 3.